The van der Waals surface area contributed by atoms with E-state index in [9.17, 15) is 4.79 Å². The van der Waals surface area contributed by atoms with E-state index >= 15 is 0 Å². The summed E-state index contributed by atoms with van der Waals surface area (Å²) in [4.78, 5) is 13.2. The molecule has 112 valence electrons. The van der Waals surface area contributed by atoms with Crippen molar-refractivity contribution < 1.29 is 0 Å². The van der Waals surface area contributed by atoms with Crippen molar-refractivity contribution in [2.75, 3.05) is 5.75 Å². The molecule has 3 aromatic rings. The third kappa shape index (κ3) is 3.27. The molecule has 0 saturated carbocycles. The van der Waals surface area contributed by atoms with Crippen LogP contribution in [-0.2, 0) is 6.54 Å². The summed E-state index contributed by atoms with van der Waals surface area (Å²) in [7, 11) is 0. The van der Waals surface area contributed by atoms with Gasteiger partial charge in [-0.25, -0.2) is 4.68 Å². The highest BCUT2D eigenvalue weighted by Crippen LogP contribution is 2.29. The van der Waals surface area contributed by atoms with Gasteiger partial charge in [-0.15, -0.1) is 16.9 Å². The Bertz CT molecular complexity index is 882. The van der Waals surface area contributed by atoms with Crippen LogP contribution < -0.4 is 5.56 Å². The highest BCUT2D eigenvalue weighted by atomic mass is 35.5. The summed E-state index contributed by atoms with van der Waals surface area (Å²) >= 11 is 13.6. The van der Waals surface area contributed by atoms with Crippen LogP contribution in [-0.4, -0.2) is 20.7 Å². The summed E-state index contributed by atoms with van der Waals surface area (Å²) in [5, 5.41) is 9.87. The SMILES string of the molecule is O=c1c2ccccc2nnn1CCSc1cc(Cl)ccc1Cl. The standard InChI is InChI=1S/C15H11Cl2N3OS/c16-10-5-6-12(17)14(9-10)22-8-7-20-15(21)11-3-1-2-4-13(11)18-19-20/h1-6,9H,7-8H2. The van der Waals surface area contributed by atoms with E-state index in [1.165, 1.54) is 16.4 Å². The number of benzene rings is 2. The maximum absolute atomic E-state index is 12.3. The van der Waals surface area contributed by atoms with Crippen LogP contribution in [0.15, 0.2) is 52.2 Å². The zero-order chi connectivity index (χ0) is 15.5. The third-order valence-corrected chi connectivity index (χ3v) is 4.80. The highest BCUT2D eigenvalue weighted by molar-refractivity contribution is 7.99. The lowest BCUT2D eigenvalue weighted by molar-refractivity contribution is 0.585. The molecule has 1 aromatic heterocycles. The molecule has 22 heavy (non-hydrogen) atoms. The van der Waals surface area contributed by atoms with Gasteiger partial charge < -0.3 is 0 Å². The van der Waals surface area contributed by atoms with Crippen molar-refractivity contribution in [1.82, 2.24) is 15.0 Å². The first-order valence-corrected chi connectivity index (χ1v) is 8.30. The van der Waals surface area contributed by atoms with Crippen LogP contribution >= 0.6 is 35.0 Å². The molecular weight excluding hydrogens is 341 g/mol. The first-order valence-electron chi connectivity index (χ1n) is 6.55. The number of rotatable bonds is 4. The van der Waals surface area contributed by atoms with E-state index in [0.29, 0.717) is 33.2 Å². The number of thioether (sulfide) groups is 1. The van der Waals surface area contributed by atoms with Gasteiger partial charge >= 0.3 is 0 Å². The zero-order valence-electron chi connectivity index (χ0n) is 11.4. The third-order valence-electron chi connectivity index (χ3n) is 3.08. The largest absolute Gasteiger partial charge is 0.277 e. The van der Waals surface area contributed by atoms with E-state index < -0.39 is 0 Å². The monoisotopic (exact) mass is 351 g/mol. The fourth-order valence-electron chi connectivity index (χ4n) is 2.00. The molecule has 0 aliphatic heterocycles. The van der Waals surface area contributed by atoms with Crippen LogP contribution in [0.4, 0.5) is 0 Å². The molecule has 2 aromatic carbocycles. The molecule has 0 saturated heterocycles. The topological polar surface area (TPSA) is 47.8 Å². The number of halogens is 2. The molecule has 0 amide bonds. The number of nitrogens with zero attached hydrogens (tertiary/aromatic N) is 3. The Morgan fingerprint density at radius 3 is 2.82 bits per heavy atom. The van der Waals surface area contributed by atoms with Crippen molar-refractivity contribution in [2.24, 2.45) is 0 Å². The Balaban J connectivity index is 1.76. The lowest BCUT2D eigenvalue weighted by Crippen LogP contribution is -2.25. The van der Waals surface area contributed by atoms with Gasteiger partial charge in [0.15, 0.2) is 0 Å². The Hall–Kier alpha value is -1.56. The zero-order valence-corrected chi connectivity index (χ0v) is 13.7. The molecule has 3 rings (SSSR count). The predicted octanol–water partition coefficient (Wildman–Crippen LogP) is 3.89. The van der Waals surface area contributed by atoms with E-state index in [0.717, 1.165) is 4.90 Å². The maximum atomic E-state index is 12.3. The Morgan fingerprint density at radius 1 is 1.14 bits per heavy atom. The van der Waals surface area contributed by atoms with E-state index in [4.69, 9.17) is 23.2 Å². The quantitative estimate of drug-likeness (QED) is 0.669. The number of fused-ring (bicyclic) bond motifs is 1. The molecule has 0 spiro atoms. The summed E-state index contributed by atoms with van der Waals surface area (Å²) in [5.41, 5.74) is 0.470. The second kappa shape index (κ2) is 6.69. The Kier molecular flexibility index (Phi) is 4.66. The maximum Gasteiger partial charge on any atom is 0.277 e. The molecule has 0 N–H and O–H groups in total. The van der Waals surface area contributed by atoms with Gasteiger partial charge in [0.1, 0.15) is 5.52 Å². The van der Waals surface area contributed by atoms with E-state index in [1.54, 1.807) is 24.3 Å². The van der Waals surface area contributed by atoms with Gasteiger partial charge in [-0.3, -0.25) is 4.79 Å². The summed E-state index contributed by atoms with van der Waals surface area (Å²) in [5.74, 6) is 0.646. The van der Waals surface area contributed by atoms with E-state index in [2.05, 4.69) is 10.3 Å². The molecule has 0 aliphatic rings. The van der Waals surface area contributed by atoms with Crippen LogP contribution in [0, 0.1) is 0 Å². The first kappa shape index (κ1) is 15.3. The average Bonchev–Trinajstić information content (AvgIpc) is 2.53. The summed E-state index contributed by atoms with van der Waals surface area (Å²) in [6.07, 6.45) is 0. The second-order valence-corrected chi connectivity index (χ2v) is 6.54. The van der Waals surface area contributed by atoms with E-state index in [-0.39, 0.29) is 5.56 Å². The molecule has 7 heteroatoms. The summed E-state index contributed by atoms with van der Waals surface area (Å²) < 4.78 is 1.37. The number of aromatic nitrogens is 3. The van der Waals surface area contributed by atoms with Gasteiger partial charge in [0, 0.05) is 15.7 Å². The van der Waals surface area contributed by atoms with Crippen LogP contribution in [0.2, 0.25) is 10.0 Å². The van der Waals surface area contributed by atoms with Gasteiger partial charge in [-0.1, -0.05) is 40.5 Å². The van der Waals surface area contributed by atoms with Gasteiger partial charge in [0.2, 0.25) is 0 Å². The Labute approximate surface area is 141 Å². The van der Waals surface area contributed by atoms with Gasteiger partial charge in [-0.05, 0) is 30.3 Å². The molecule has 1 heterocycles. The molecular formula is C15H11Cl2N3OS. The van der Waals surface area contributed by atoms with Crippen molar-refractivity contribution in [3.63, 3.8) is 0 Å². The second-order valence-electron chi connectivity index (χ2n) is 4.56. The first-order chi connectivity index (χ1) is 10.6. The van der Waals surface area contributed by atoms with Crippen molar-refractivity contribution in [3.05, 3.63) is 62.9 Å². The average molecular weight is 352 g/mol. The fraction of sp³-hybridized carbons (Fsp3) is 0.133. The van der Waals surface area contributed by atoms with Gasteiger partial charge in [-0.2, -0.15) is 0 Å². The van der Waals surface area contributed by atoms with Crippen LogP contribution in [0.5, 0.6) is 0 Å². The number of aryl methyl sites for hydroxylation is 1. The van der Waals surface area contributed by atoms with Crippen LogP contribution in [0.1, 0.15) is 0 Å². The molecule has 0 bridgehead atoms. The highest BCUT2D eigenvalue weighted by Gasteiger charge is 2.06. The molecule has 0 fully saturated rings. The molecule has 0 radical (unpaired) electrons. The van der Waals surface area contributed by atoms with Crippen molar-refractivity contribution in [1.29, 1.82) is 0 Å². The fourth-order valence-corrected chi connectivity index (χ4v) is 3.42. The van der Waals surface area contributed by atoms with E-state index in [1.807, 2.05) is 18.2 Å². The smallest absolute Gasteiger partial charge is 0.267 e. The van der Waals surface area contributed by atoms with Crippen molar-refractivity contribution >= 4 is 45.9 Å². The number of hydrogen-bond donors (Lipinski definition) is 0. The van der Waals surface area contributed by atoms with Crippen molar-refractivity contribution in [3.8, 4) is 0 Å². The molecule has 0 atom stereocenters. The van der Waals surface area contributed by atoms with Crippen LogP contribution in [0.25, 0.3) is 10.9 Å². The minimum Gasteiger partial charge on any atom is -0.267 e. The van der Waals surface area contributed by atoms with Gasteiger partial charge in [0.25, 0.3) is 5.56 Å². The van der Waals surface area contributed by atoms with Crippen molar-refractivity contribution in [2.45, 2.75) is 11.4 Å². The lowest BCUT2D eigenvalue weighted by Gasteiger charge is -2.06. The predicted molar refractivity (Wildman–Crippen MR) is 91.0 cm³/mol. The molecule has 0 unspecified atom stereocenters. The number of hydrogen-bond acceptors (Lipinski definition) is 4. The molecule has 0 aliphatic carbocycles. The summed E-state index contributed by atoms with van der Waals surface area (Å²) in [6, 6.07) is 12.5. The minimum atomic E-state index is -0.136. The Morgan fingerprint density at radius 2 is 1.95 bits per heavy atom. The lowest BCUT2D eigenvalue weighted by atomic mass is 10.2. The normalized spacial score (nSPS) is 11.0. The van der Waals surface area contributed by atoms with Gasteiger partial charge in [0.05, 0.1) is 17.0 Å². The van der Waals surface area contributed by atoms with Crippen LogP contribution in [0.3, 0.4) is 0 Å². The minimum absolute atomic E-state index is 0.136. The molecule has 4 nitrogen and oxygen atoms in total. The summed E-state index contributed by atoms with van der Waals surface area (Å²) in [6.45, 7) is 0.449.